The molecule has 1 rings (SSSR count). The molecule has 0 fully saturated rings. The van der Waals surface area contributed by atoms with Crippen LogP contribution in [0.1, 0.15) is 6.92 Å². The largest absolute Gasteiger partial charge is 0.242 e. The summed E-state index contributed by atoms with van der Waals surface area (Å²) in [7, 11) is 0. The smallest absolute Gasteiger partial charge is 0.152 e. The molecule has 0 saturated carbocycles. The second kappa shape index (κ2) is 1.76. The normalized spacial score (nSPS) is 16.1. The van der Waals surface area contributed by atoms with E-state index in [0.717, 1.165) is 5.71 Å². The number of allylic oxidation sites excluding steroid dienone is 2. The van der Waals surface area contributed by atoms with Crippen LogP contribution in [-0.4, -0.2) is 11.7 Å². The summed E-state index contributed by atoms with van der Waals surface area (Å²) in [6.07, 6.45) is 3.42. The molecule has 0 aliphatic carbocycles. The maximum Gasteiger partial charge on any atom is 0.152 e. The molecule has 0 aromatic rings. The Hall–Kier alpha value is -1.14. The second-order valence-corrected chi connectivity index (χ2v) is 1.57. The Labute approximate surface area is 47.2 Å². The summed E-state index contributed by atoms with van der Waals surface area (Å²) in [5.41, 5.74) is 1.26. The van der Waals surface area contributed by atoms with Gasteiger partial charge in [-0.05, 0) is 19.1 Å². The molecular formula is C6H5NO. The first-order valence-electron chi connectivity index (χ1n) is 2.31. The van der Waals surface area contributed by atoms with E-state index in [1.165, 1.54) is 0 Å². The number of hydrogen-bond acceptors (Lipinski definition) is 2. The Bertz CT molecular complexity index is 207. The van der Waals surface area contributed by atoms with Crippen LogP contribution in [0.15, 0.2) is 22.8 Å². The van der Waals surface area contributed by atoms with Gasteiger partial charge in [0.2, 0.25) is 0 Å². The number of rotatable bonds is 0. The van der Waals surface area contributed by atoms with Crippen LogP contribution in [0.3, 0.4) is 0 Å². The van der Waals surface area contributed by atoms with E-state index in [4.69, 9.17) is 0 Å². The van der Waals surface area contributed by atoms with Gasteiger partial charge in [0.25, 0.3) is 0 Å². The summed E-state index contributed by atoms with van der Waals surface area (Å²) in [5.74, 6) is 1.69. The minimum absolute atomic E-state index is 0.391. The van der Waals surface area contributed by atoms with Crippen molar-refractivity contribution >= 4 is 11.7 Å². The number of aliphatic imine (C=N–C) groups is 1. The summed E-state index contributed by atoms with van der Waals surface area (Å²) < 4.78 is 0. The third-order valence-corrected chi connectivity index (χ3v) is 0.884. The van der Waals surface area contributed by atoms with Crippen LogP contribution in [0.25, 0.3) is 0 Å². The number of hydrogen-bond donors (Lipinski definition) is 0. The first-order chi connectivity index (χ1) is 3.83. The molecule has 8 heavy (non-hydrogen) atoms. The van der Waals surface area contributed by atoms with Crippen molar-refractivity contribution in [2.75, 3.05) is 0 Å². The van der Waals surface area contributed by atoms with Crippen molar-refractivity contribution in [3.8, 4) is 0 Å². The predicted octanol–water partition coefficient (Wildman–Crippen LogP) is 0.733. The average molecular weight is 107 g/mol. The number of nitrogens with zero attached hydrogens (tertiary/aromatic N) is 1. The molecule has 0 aromatic heterocycles. The first kappa shape index (κ1) is 5.01. The third-order valence-electron chi connectivity index (χ3n) is 0.884. The molecule has 40 valence electrons. The molecule has 0 radical (unpaired) electrons. The quantitative estimate of drug-likeness (QED) is 0.419. The molecule has 1 aliphatic heterocycles. The van der Waals surface area contributed by atoms with Crippen LogP contribution in [0, 0.1) is 0 Å². The lowest BCUT2D eigenvalue weighted by molar-refractivity contribution is 0.567. The fourth-order valence-electron chi connectivity index (χ4n) is 0.521. The standard InChI is InChI=1S/C6H5NO/c1-5-2-3-6(4-8)7-5/h2-3H,1H3. The zero-order valence-corrected chi connectivity index (χ0v) is 4.51. The second-order valence-electron chi connectivity index (χ2n) is 1.57. The fourth-order valence-corrected chi connectivity index (χ4v) is 0.521. The molecule has 2 heteroatoms. The minimum atomic E-state index is 0.391. The monoisotopic (exact) mass is 107 g/mol. The van der Waals surface area contributed by atoms with Gasteiger partial charge in [0.05, 0.1) is 0 Å². The van der Waals surface area contributed by atoms with E-state index in [0.29, 0.717) is 5.70 Å². The van der Waals surface area contributed by atoms with Crippen LogP contribution in [0.2, 0.25) is 0 Å². The average Bonchev–Trinajstić information content (AvgIpc) is 2.14. The SMILES string of the molecule is CC1=NC(=C=O)C=C1. The minimum Gasteiger partial charge on any atom is -0.242 e. The summed E-state index contributed by atoms with van der Waals surface area (Å²) in [5, 5.41) is 0. The van der Waals surface area contributed by atoms with Gasteiger partial charge in [-0.2, -0.15) is 0 Å². The first-order valence-corrected chi connectivity index (χ1v) is 2.31. The summed E-state index contributed by atoms with van der Waals surface area (Å²) in [6, 6.07) is 0. The van der Waals surface area contributed by atoms with E-state index < -0.39 is 0 Å². The molecule has 0 N–H and O–H groups in total. The highest BCUT2D eigenvalue weighted by Crippen LogP contribution is 2.02. The predicted molar refractivity (Wildman–Crippen MR) is 31.5 cm³/mol. The Morgan fingerprint density at radius 3 is 2.62 bits per heavy atom. The highest BCUT2D eigenvalue weighted by Gasteiger charge is 1.96. The summed E-state index contributed by atoms with van der Waals surface area (Å²) in [4.78, 5) is 13.6. The molecule has 0 bridgehead atoms. The van der Waals surface area contributed by atoms with Crippen molar-refractivity contribution in [1.29, 1.82) is 0 Å². The highest BCUT2D eigenvalue weighted by atomic mass is 16.1. The van der Waals surface area contributed by atoms with E-state index in [2.05, 4.69) is 4.99 Å². The van der Waals surface area contributed by atoms with Crippen LogP contribution in [0.5, 0.6) is 0 Å². The molecule has 0 atom stereocenters. The van der Waals surface area contributed by atoms with Crippen LogP contribution in [-0.2, 0) is 4.79 Å². The van der Waals surface area contributed by atoms with Crippen LogP contribution >= 0.6 is 0 Å². The van der Waals surface area contributed by atoms with Crippen LogP contribution in [0.4, 0.5) is 0 Å². The van der Waals surface area contributed by atoms with Gasteiger partial charge in [-0.15, -0.1) is 0 Å². The maximum absolute atomic E-state index is 9.83. The fraction of sp³-hybridized carbons (Fsp3) is 0.167. The van der Waals surface area contributed by atoms with Crippen molar-refractivity contribution in [1.82, 2.24) is 0 Å². The van der Waals surface area contributed by atoms with E-state index in [-0.39, 0.29) is 0 Å². The van der Waals surface area contributed by atoms with Gasteiger partial charge < -0.3 is 0 Å². The zero-order chi connectivity index (χ0) is 5.98. The lowest BCUT2D eigenvalue weighted by Gasteiger charge is -1.74. The topological polar surface area (TPSA) is 29.4 Å². The highest BCUT2D eigenvalue weighted by molar-refractivity contribution is 5.97. The Morgan fingerprint density at radius 2 is 2.38 bits per heavy atom. The molecule has 0 spiro atoms. The molecule has 0 aromatic carbocycles. The van der Waals surface area contributed by atoms with Crippen molar-refractivity contribution < 1.29 is 4.79 Å². The molecule has 0 amide bonds. The van der Waals surface area contributed by atoms with Gasteiger partial charge >= 0.3 is 0 Å². The molecule has 1 heterocycles. The van der Waals surface area contributed by atoms with Gasteiger partial charge in [-0.3, -0.25) is 0 Å². The Morgan fingerprint density at radius 1 is 1.62 bits per heavy atom. The lowest BCUT2D eigenvalue weighted by Crippen LogP contribution is -1.74. The molecular weight excluding hydrogens is 102 g/mol. The van der Waals surface area contributed by atoms with Crippen LogP contribution < -0.4 is 0 Å². The van der Waals surface area contributed by atoms with Gasteiger partial charge in [-0.25, -0.2) is 9.79 Å². The maximum atomic E-state index is 9.83. The third kappa shape index (κ3) is 0.745. The zero-order valence-electron chi connectivity index (χ0n) is 4.51. The number of carbonyl (C=O) groups excluding carboxylic acids is 1. The van der Waals surface area contributed by atoms with E-state index in [1.807, 2.05) is 6.92 Å². The van der Waals surface area contributed by atoms with Gasteiger partial charge in [0.1, 0.15) is 5.70 Å². The Balaban J connectivity index is 3.01. The molecule has 0 unspecified atom stereocenters. The summed E-state index contributed by atoms with van der Waals surface area (Å²) >= 11 is 0. The van der Waals surface area contributed by atoms with Gasteiger partial charge in [0, 0.05) is 5.71 Å². The van der Waals surface area contributed by atoms with Crippen molar-refractivity contribution in [2.24, 2.45) is 4.99 Å². The van der Waals surface area contributed by atoms with Gasteiger partial charge in [0.15, 0.2) is 5.94 Å². The van der Waals surface area contributed by atoms with E-state index in [1.54, 1.807) is 18.1 Å². The van der Waals surface area contributed by atoms with Gasteiger partial charge in [-0.1, -0.05) is 0 Å². The lowest BCUT2D eigenvalue weighted by atomic mass is 10.4. The van der Waals surface area contributed by atoms with Crippen molar-refractivity contribution in [3.05, 3.63) is 17.8 Å². The van der Waals surface area contributed by atoms with Crippen molar-refractivity contribution in [2.45, 2.75) is 6.92 Å². The Kier molecular flexibility index (Phi) is 1.10. The molecule has 0 saturated heterocycles. The molecule has 2 nitrogen and oxygen atoms in total. The molecule has 1 aliphatic rings. The van der Waals surface area contributed by atoms with E-state index >= 15 is 0 Å². The van der Waals surface area contributed by atoms with Crippen molar-refractivity contribution in [3.63, 3.8) is 0 Å². The van der Waals surface area contributed by atoms with E-state index in [9.17, 15) is 4.79 Å². The summed E-state index contributed by atoms with van der Waals surface area (Å²) in [6.45, 7) is 1.83.